The smallest absolute Gasteiger partial charge is 0.354 e. The van der Waals surface area contributed by atoms with Crippen molar-refractivity contribution >= 4 is 17.7 Å². The van der Waals surface area contributed by atoms with Gasteiger partial charge in [0.1, 0.15) is 0 Å². The second-order valence-corrected chi connectivity index (χ2v) is 10.9. The molecule has 1 aliphatic heterocycles. The van der Waals surface area contributed by atoms with Crippen LogP contribution in [0.2, 0.25) is 0 Å². The van der Waals surface area contributed by atoms with Crippen molar-refractivity contribution < 1.29 is 27.6 Å². The number of likely N-dealkylation sites (tertiary alicyclic amines) is 1. The van der Waals surface area contributed by atoms with E-state index in [1.165, 1.54) is 5.56 Å². The average Bonchev–Trinajstić information content (AvgIpc) is 3.69. The first-order valence-corrected chi connectivity index (χ1v) is 14.3. The van der Waals surface area contributed by atoms with Crippen LogP contribution >= 0.6 is 0 Å². The largest absolute Gasteiger partial charge is 0.435 e. The van der Waals surface area contributed by atoms with Crippen molar-refractivity contribution in [2.24, 2.45) is 11.8 Å². The van der Waals surface area contributed by atoms with Crippen LogP contribution in [0.5, 0.6) is 0 Å². The molecule has 1 atom stereocenters. The van der Waals surface area contributed by atoms with Gasteiger partial charge in [-0.25, -0.2) is 4.68 Å². The van der Waals surface area contributed by atoms with Gasteiger partial charge in [0.25, 0.3) is 5.91 Å². The lowest BCUT2D eigenvalue weighted by Gasteiger charge is -2.30. The van der Waals surface area contributed by atoms with Crippen LogP contribution in [0.15, 0.2) is 66.9 Å². The Morgan fingerprint density at radius 2 is 1.45 bits per heavy atom. The molecule has 1 saturated heterocycles. The summed E-state index contributed by atoms with van der Waals surface area (Å²) in [6.07, 6.45) is -0.319. The average molecular weight is 582 g/mol. The maximum absolute atomic E-state index is 13.6. The van der Waals surface area contributed by atoms with E-state index in [1.807, 2.05) is 23.1 Å². The van der Waals surface area contributed by atoms with Crippen LogP contribution in [-0.2, 0) is 15.8 Å². The van der Waals surface area contributed by atoms with E-state index in [2.05, 4.69) is 27.9 Å². The summed E-state index contributed by atoms with van der Waals surface area (Å²) in [7, 11) is 0. The molecule has 42 heavy (non-hydrogen) atoms. The molecule has 222 valence electrons. The van der Waals surface area contributed by atoms with Crippen molar-refractivity contribution in [2.75, 3.05) is 26.2 Å². The van der Waals surface area contributed by atoms with Gasteiger partial charge >= 0.3 is 6.18 Å². The van der Waals surface area contributed by atoms with Crippen molar-refractivity contribution in [3.8, 4) is 5.69 Å². The lowest BCUT2D eigenvalue weighted by Crippen LogP contribution is -2.41. The van der Waals surface area contributed by atoms with Gasteiger partial charge in [0.05, 0.1) is 11.3 Å². The Hall–Kier alpha value is -4.15. The number of halogens is 3. The minimum Gasteiger partial charge on any atom is -0.354 e. The molecule has 11 heteroatoms. The highest BCUT2D eigenvalue weighted by atomic mass is 19.4. The summed E-state index contributed by atoms with van der Waals surface area (Å²) in [5.41, 5.74) is -0.215. The van der Waals surface area contributed by atoms with Crippen LogP contribution in [0.25, 0.3) is 5.69 Å². The normalized spacial score (nSPS) is 20.7. The molecule has 2 fully saturated rings. The van der Waals surface area contributed by atoms with Crippen LogP contribution in [0.3, 0.4) is 0 Å². The molecule has 1 aliphatic carbocycles. The first-order valence-electron chi connectivity index (χ1n) is 14.3. The zero-order valence-corrected chi connectivity index (χ0v) is 23.1. The number of rotatable bonds is 8. The molecule has 2 heterocycles. The zero-order valence-electron chi connectivity index (χ0n) is 23.1. The fraction of sp³-hybridized carbons (Fsp3) is 0.419. The van der Waals surface area contributed by atoms with Crippen LogP contribution < -0.4 is 10.6 Å². The lowest BCUT2D eigenvalue weighted by molar-refractivity contribution is -0.141. The number of aromatic nitrogens is 2. The number of hydrogen-bond acceptors (Lipinski definition) is 4. The fourth-order valence-electron chi connectivity index (χ4n) is 5.88. The van der Waals surface area contributed by atoms with Gasteiger partial charge < -0.3 is 15.5 Å². The predicted octanol–water partition coefficient (Wildman–Crippen LogP) is 4.56. The predicted molar refractivity (Wildman–Crippen MR) is 150 cm³/mol. The molecule has 2 N–H and O–H groups in total. The standard InChI is InChI=1S/C31H34F3N5O3/c32-31(33,34)27-26(20-39(37-27)25-9-5-2-6-10-25)29(41)36-17-16-35-28(40)22-11-13-23(14-12-22)30(42)38-18-15-24(19-38)21-7-3-1-4-8-21/h1-10,20,22-24H,11-19H2,(H,35,40)(H,36,41). The van der Waals surface area contributed by atoms with E-state index in [0.29, 0.717) is 37.3 Å². The molecular weight excluding hydrogens is 547 g/mol. The van der Waals surface area contributed by atoms with Gasteiger partial charge in [-0.3, -0.25) is 14.4 Å². The number of nitrogens with one attached hydrogen (secondary N) is 2. The van der Waals surface area contributed by atoms with Crippen molar-refractivity contribution in [3.63, 3.8) is 0 Å². The van der Waals surface area contributed by atoms with Gasteiger partial charge in [-0.1, -0.05) is 48.5 Å². The zero-order chi connectivity index (χ0) is 29.7. The third kappa shape index (κ3) is 6.83. The fourth-order valence-corrected chi connectivity index (χ4v) is 5.88. The van der Waals surface area contributed by atoms with Crippen LogP contribution in [0.4, 0.5) is 13.2 Å². The highest BCUT2D eigenvalue weighted by Crippen LogP contribution is 2.34. The van der Waals surface area contributed by atoms with Gasteiger partial charge in [0.2, 0.25) is 11.8 Å². The maximum Gasteiger partial charge on any atom is 0.435 e. The molecule has 5 rings (SSSR count). The number of para-hydroxylation sites is 1. The van der Waals surface area contributed by atoms with Crippen molar-refractivity contribution in [1.29, 1.82) is 0 Å². The topological polar surface area (TPSA) is 96.3 Å². The van der Waals surface area contributed by atoms with E-state index in [1.54, 1.807) is 30.3 Å². The molecule has 3 aromatic rings. The van der Waals surface area contributed by atoms with Crippen molar-refractivity contribution in [2.45, 2.75) is 44.2 Å². The lowest BCUT2D eigenvalue weighted by atomic mass is 9.81. The molecule has 0 bridgehead atoms. The molecule has 8 nitrogen and oxygen atoms in total. The Labute approximate surface area is 242 Å². The quantitative estimate of drug-likeness (QED) is 0.382. The van der Waals surface area contributed by atoms with E-state index in [0.717, 1.165) is 30.4 Å². The SMILES string of the molecule is O=C(NCCNC(=O)C1CCC(C(=O)N2CCC(c3ccccc3)C2)CC1)c1cn(-c2ccccc2)nc1C(F)(F)F. The van der Waals surface area contributed by atoms with E-state index in [9.17, 15) is 27.6 Å². The molecule has 3 amide bonds. The monoisotopic (exact) mass is 581 g/mol. The number of carbonyl (C=O) groups is 3. The molecule has 0 radical (unpaired) electrons. The molecule has 1 aromatic heterocycles. The summed E-state index contributed by atoms with van der Waals surface area (Å²) in [4.78, 5) is 40.4. The van der Waals surface area contributed by atoms with Gasteiger partial charge in [-0.15, -0.1) is 0 Å². The number of benzene rings is 2. The summed E-state index contributed by atoms with van der Waals surface area (Å²) in [6, 6.07) is 18.4. The number of nitrogens with zero attached hydrogens (tertiary/aromatic N) is 3. The Morgan fingerprint density at radius 3 is 2.12 bits per heavy atom. The van der Waals surface area contributed by atoms with Crippen LogP contribution in [0.1, 0.15) is 59.6 Å². The summed E-state index contributed by atoms with van der Waals surface area (Å²) in [5.74, 6) is -0.881. The third-order valence-corrected chi connectivity index (χ3v) is 8.18. The second-order valence-electron chi connectivity index (χ2n) is 10.9. The molecule has 2 aromatic carbocycles. The maximum atomic E-state index is 13.6. The minimum atomic E-state index is -4.81. The number of alkyl halides is 3. The molecule has 0 spiro atoms. The van der Waals surface area contributed by atoms with E-state index >= 15 is 0 Å². The molecule has 2 aliphatic rings. The first kappa shape index (κ1) is 29.3. The summed E-state index contributed by atoms with van der Waals surface area (Å²) < 4.78 is 41.7. The summed E-state index contributed by atoms with van der Waals surface area (Å²) in [5, 5.41) is 8.80. The van der Waals surface area contributed by atoms with Crippen molar-refractivity contribution in [1.82, 2.24) is 25.3 Å². The van der Waals surface area contributed by atoms with Crippen LogP contribution in [-0.4, -0.2) is 58.6 Å². The first-order chi connectivity index (χ1) is 20.2. The van der Waals surface area contributed by atoms with E-state index < -0.39 is 23.3 Å². The molecular formula is C31H34F3N5O3. The highest BCUT2D eigenvalue weighted by Gasteiger charge is 2.39. The van der Waals surface area contributed by atoms with E-state index in [-0.39, 0.29) is 36.7 Å². The third-order valence-electron chi connectivity index (χ3n) is 8.18. The van der Waals surface area contributed by atoms with Gasteiger partial charge in [0, 0.05) is 50.1 Å². The molecule has 1 saturated carbocycles. The molecule has 1 unspecified atom stereocenters. The Bertz CT molecular complexity index is 1390. The number of hydrogen-bond donors (Lipinski definition) is 2. The van der Waals surface area contributed by atoms with Crippen molar-refractivity contribution in [3.05, 3.63) is 83.7 Å². The van der Waals surface area contributed by atoms with Gasteiger partial charge in [0.15, 0.2) is 5.69 Å². The Balaban J connectivity index is 1.05. The summed E-state index contributed by atoms with van der Waals surface area (Å²) in [6.45, 7) is 1.52. The number of amides is 3. The number of carbonyl (C=O) groups excluding carboxylic acids is 3. The van der Waals surface area contributed by atoms with E-state index in [4.69, 9.17) is 0 Å². The Kier molecular flexibility index (Phi) is 8.94. The second kappa shape index (κ2) is 12.8. The minimum absolute atomic E-state index is 0.0379. The van der Waals surface area contributed by atoms with Gasteiger partial charge in [-0.05, 0) is 49.8 Å². The van der Waals surface area contributed by atoms with Crippen LogP contribution in [0, 0.1) is 11.8 Å². The summed E-state index contributed by atoms with van der Waals surface area (Å²) >= 11 is 0. The van der Waals surface area contributed by atoms with Gasteiger partial charge in [-0.2, -0.15) is 18.3 Å². The highest BCUT2D eigenvalue weighted by molar-refractivity contribution is 5.95. The Morgan fingerprint density at radius 1 is 0.833 bits per heavy atom.